The molecule has 0 radical (unpaired) electrons. The predicted octanol–water partition coefficient (Wildman–Crippen LogP) is 2.88. The third-order valence-corrected chi connectivity index (χ3v) is 5.95. The van der Waals surface area contributed by atoms with Crippen LogP contribution in [0.3, 0.4) is 0 Å². The second-order valence-electron chi connectivity index (χ2n) is 8.31. The number of carbonyl (C=O) groups is 1. The molecule has 0 N–H and O–H groups in total. The molecule has 0 amide bonds. The molecule has 1 saturated heterocycles. The van der Waals surface area contributed by atoms with Crippen molar-refractivity contribution < 1.29 is 22.7 Å². The highest BCUT2D eigenvalue weighted by Gasteiger charge is 2.47. The maximum atomic E-state index is 13.9. The largest absolute Gasteiger partial charge is 0.408 e. The van der Waals surface area contributed by atoms with E-state index in [9.17, 15) is 22.8 Å². The van der Waals surface area contributed by atoms with E-state index in [0.717, 1.165) is 4.90 Å². The number of morpholine rings is 1. The lowest BCUT2D eigenvalue weighted by Crippen LogP contribution is -2.55. The molecule has 32 heavy (non-hydrogen) atoms. The first kappa shape index (κ1) is 22.3. The summed E-state index contributed by atoms with van der Waals surface area (Å²) in [5.41, 5.74) is -0.131. The lowest BCUT2D eigenvalue weighted by molar-refractivity contribution is -0.152. The Morgan fingerprint density at radius 1 is 1.16 bits per heavy atom. The molecule has 0 saturated carbocycles. The monoisotopic (exact) mass is 450 g/mol. The van der Waals surface area contributed by atoms with E-state index in [1.807, 2.05) is 18.7 Å². The average Bonchev–Trinajstić information content (AvgIpc) is 2.74. The Labute approximate surface area is 183 Å². The molecule has 1 unspecified atom stereocenters. The normalized spacial score (nSPS) is 23.7. The molecule has 3 atom stereocenters. The van der Waals surface area contributed by atoms with Gasteiger partial charge in [0.25, 0.3) is 5.56 Å². The van der Waals surface area contributed by atoms with Crippen molar-refractivity contribution in [3.8, 4) is 0 Å². The number of hydrogen-bond donors (Lipinski definition) is 0. The van der Waals surface area contributed by atoms with Crippen LogP contribution in [-0.2, 0) is 11.3 Å². The topological polar surface area (TPSA) is 67.7 Å². The van der Waals surface area contributed by atoms with Gasteiger partial charge in [-0.15, -0.1) is 0 Å². The summed E-state index contributed by atoms with van der Waals surface area (Å²) in [6.07, 6.45) is -4.90. The molecule has 1 aromatic carbocycles. The number of carbonyl (C=O) groups excluding carboxylic acids is 1. The van der Waals surface area contributed by atoms with Gasteiger partial charge in [0.15, 0.2) is 5.78 Å². The summed E-state index contributed by atoms with van der Waals surface area (Å²) >= 11 is 0. The van der Waals surface area contributed by atoms with Crippen molar-refractivity contribution in [2.75, 3.05) is 29.6 Å². The highest BCUT2D eigenvalue weighted by atomic mass is 19.4. The minimum absolute atomic E-state index is 0.102. The van der Waals surface area contributed by atoms with Gasteiger partial charge in [0.1, 0.15) is 11.9 Å². The quantitative estimate of drug-likeness (QED) is 0.668. The molecule has 3 heterocycles. The Balaban J connectivity index is 1.78. The Bertz CT molecular complexity index is 1030. The fourth-order valence-electron chi connectivity index (χ4n) is 4.44. The van der Waals surface area contributed by atoms with Crippen LogP contribution in [0.2, 0.25) is 0 Å². The summed E-state index contributed by atoms with van der Waals surface area (Å²) < 4.78 is 48.5. The number of ketones is 1. The van der Waals surface area contributed by atoms with Gasteiger partial charge in [-0.2, -0.15) is 18.2 Å². The van der Waals surface area contributed by atoms with Gasteiger partial charge < -0.3 is 14.5 Å². The van der Waals surface area contributed by atoms with Crippen molar-refractivity contribution in [2.24, 2.45) is 0 Å². The Hall–Kier alpha value is -2.88. The van der Waals surface area contributed by atoms with Crippen molar-refractivity contribution in [2.45, 2.75) is 51.1 Å². The predicted molar refractivity (Wildman–Crippen MR) is 113 cm³/mol. The zero-order valence-electron chi connectivity index (χ0n) is 17.9. The van der Waals surface area contributed by atoms with Crippen LogP contribution in [0.15, 0.2) is 41.2 Å². The number of alkyl halides is 3. The number of benzene rings is 1. The first-order valence-corrected chi connectivity index (χ1v) is 10.6. The maximum Gasteiger partial charge on any atom is 0.408 e. The second kappa shape index (κ2) is 8.57. The standard InChI is InChI=1S/C22H25F3N4O3/c1-14-12-32-13-15(2)29(14)19-10-20(31)27-9-8-18(22(23,24)25)28(21(27)26-19)11-17(30)16-6-4-3-5-7-16/h3-7,10,14-15,18H,8-9,11-13H2,1-2H3/t14-,15-,18?/m0/s1. The van der Waals surface area contributed by atoms with Crippen LogP contribution in [0.4, 0.5) is 24.9 Å². The summed E-state index contributed by atoms with van der Waals surface area (Å²) in [6.45, 7) is 4.01. The van der Waals surface area contributed by atoms with Crippen molar-refractivity contribution in [3.63, 3.8) is 0 Å². The van der Waals surface area contributed by atoms with Crippen LogP contribution in [-0.4, -0.2) is 59.4 Å². The SMILES string of the molecule is C[C@H]1COC[C@H](C)N1c1cc(=O)n2c(n1)N(CC(=O)c1ccccc1)C(C(F)(F)F)CC2. The molecule has 10 heteroatoms. The lowest BCUT2D eigenvalue weighted by atomic mass is 10.1. The zero-order valence-corrected chi connectivity index (χ0v) is 17.9. The van der Waals surface area contributed by atoms with E-state index >= 15 is 0 Å². The summed E-state index contributed by atoms with van der Waals surface area (Å²) in [4.78, 5) is 33.0. The molecule has 1 fully saturated rings. The molecular formula is C22H25F3N4O3. The molecule has 0 aliphatic carbocycles. The minimum atomic E-state index is -4.57. The van der Waals surface area contributed by atoms with Gasteiger partial charge in [0.2, 0.25) is 5.95 Å². The highest BCUT2D eigenvalue weighted by Crippen LogP contribution is 2.35. The van der Waals surface area contributed by atoms with Gasteiger partial charge in [0, 0.05) is 18.2 Å². The number of ether oxygens (including phenoxy) is 1. The minimum Gasteiger partial charge on any atom is -0.377 e. The van der Waals surface area contributed by atoms with Gasteiger partial charge >= 0.3 is 6.18 Å². The second-order valence-corrected chi connectivity index (χ2v) is 8.31. The zero-order chi connectivity index (χ0) is 23.0. The third-order valence-electron chi connectivity index (χ3n) is 5.95. The van der Waals surface area contributed by atoms with Gasteiger partial charge in [-0.05, 0) is 20.3 Å². The van der Waals surface area contributed by atoms with Crippen molar-refractivity contribution in [3.05, 3.63) is 52.3 Å². The number of nitrogens with zero attached hydrogens (tertiary/aromatic N) is 4. The van der Waals surface area contributed by atoms with Gasteiger partial charge in [0.05, 0.1) is 31.8 Å². The number of anilines is 2. The maximum absolute atomic E-state index is 13.9. The average molecular weight is 450 g/mol. The molecule has 172 valence electrons. The van der Waals surface area contributed by atoms with E-state index in [2.05, 4.69) is 4.98 Å². The summed E-state index contributed by atoms with van der Waals surface area (Å²) in [7, 11) is 0. The lowest BCUT2D eigenvalue weighted by Gasteiger charge is -2.42. The van der Waals surface area contributed by atoms with Gasteiger partial charge in [-0.1, -0.05) is 30.3 Å². The molecular weight excluding hydrogens is 425 g/mol. The van der Waals surface area contributed by atoms with E-state index in [4.69, 9.17) is 4.74 Å². The molecule has 1 aromatic heterocycles. The van der Waals surface area contributed by atoms with E-state index in [1.165, 1.54) is 10.6 Å². The number of fused-ring (bicyclic) bond motifs is 1. The van der Waals surface area contributed by atoms with E-state index < -0.39 is 30.1 Å². The highest BCUT2D eigenvalue weighted by molar-refractivity contribution is 5.99. The van der Waals surface area contributed by atoms with Crippen LogP contribution < -0.4 is 15.4 Å². The van der Waals surface area contributed by atoms with E-state index in [-0.39, 0.29) is 31.0 Å². The van der Waals surface area contributed by atoms with Gasteiger partial charge in [-0.25, -0.2) is 0 Å². The fourth-order valence-corrected chi connectivity index (χ4v) is 4.44. The molecule has 0 spiro atoms. The smallest absolute Gasteiger partial charge is 0.377 e. The number of rotatable bonds is 4. The van der Waals surface area contributed by atoms with Crippen LogP contribution in [0.25, 0.3) is 0 Å². The van der Waals surface area contributed by atoms with Crippen LogP contribution >= 0.6 is 0 Å². The first-order valence-electron chi connectivity index (χ1n) is 10.6. The summed E-state index contributed by atoms with van der Waals surface area (Å²) in [5.74, 6) is -0.304. The number of hydrogen-bond acceptors (Lipinski definition) is 6. The van der Waals surface area contributed by atoms with Crippen LogP contribution in [0, 0.1) is 0 Å². The van der Waals surface area contributed by atoms with E-state index in [0.29, 0.717) is 24.6 Å². The molecule has 2 aliphatic rings. The summed E-state index contributed by atoms with van der Waals surface area (Å²) in [5, 5.41) is 0. The first-order chi connectivity index (χ1) is 15.2. The molecule has 2 aromatic rings. The fraction of sp³-hybridized carbons (Fsp3) is 0.500. The van der Waals surface area contributed by atoms with Crippen molar-refractivity contribution >= 4 is 17.5 Å². The number of halogens is 3. The third kappa shape index (κ3) is 4.23. The van der Waals surface area contributed by atoms with Crippen molar-refractivity contribution in [1.29, 1.82) is 0 Å². The van der Waals surface area contributed by atoms with Gasteiger partial charge in [-0.3, -0.25) is 14.2 Å². The Morgan fingerprint density at radius 3 is 2.44 bits per heavy atom. The van der Waals surface area contributed by atoms with Crippen LogP contribution in [0.5, 0.6) is 0 Å². The number of Topliss-reactive ketones (excluding diaryl/α,β-unsaturated/α-hetero) is 1. The molecule has 4 rings (SSSR count). The van der Waals surface area contributed by atoms with Crippen molar-refractivity contribution in [1.82, 2.24) is 9.55 Å². The molecule has 2 aliphatic heterocycles. The Kier molecular flexibility index (Phi) is 5.98. The number of aromatic nitrogens is 2. The molecule has 7 nitrogen and oxygen atoms in total. The molecule has 0 bridgehead atoms. The van der Waals surface area contributed by atoms with E-state index in [1.54, 1.807) is 30.3 Å². The van der Waals surface area contributed by atoms with Crippen LogP contribution in [0.1, 0.15) is 30.6 Å². The summed E-state index contributed by atoms with van der Waals surface area (Å²) in [6, 6.07) is 7.39. The Morgan fingerprint density at radius 2 is 1.81 bits per heavy atom.